The molecule has 4 rings (SSSR count). The van der Waals surface area contributed by atoms with Crippen molar-refractivity contribution < 1.29 is 19.1 Å². The number of fused-ring (bicyclic) bond motifs is 1. The van der Waals surface area contributed by atoms with Gasteiger partial charge in [0, 0.05) is 4.88 Å². The molecular weight excluding hydrogens is 290 g/mol. The molecule has 6 heteroatoms. The van der Waals surface area contributed by atoms with Crippen molar-refractivity contribution in [2.24, 2.45) is 11.8 Å². The lowest BCUT2D eigenvalue weighted by Gasteiger charge is -2.22. The molecule has 2 saturated heterocycles. The maximum atomic E-state index is 12.7. The fraction of sp³-hybridized carbons (Fsp3) is 0.467. The van der Waals surface area contributed by atoms with Gasteiger partial charge in [-0.25, -0.2) is 0 Å². The number of methoxy groups -OCH3 is 1. The monoisotopic (exact) mass is 305 g/mol. The quantitative estimate of drug-likeness (QED) is 0.622. The zero-order chi connectivity index (χ0) is 14.6. The van der Waals surface area contributed by atoms with Crippen molar-refractivity contribution in [3.8, 4) is 0 Å². The fourth-order valence-corrected chi connectivity index (χ4v) is 4.43. The van der Waals surface area contributed by atoms with Crippen LogP contribution in [0.3, 0.4) is 0 Å². The predicted molar refractivity (Wildman–Crippen MR) is 75.5 cm³/mol. The first-order valence-corrected chi connectivity index (χ1v) is 7.79. The molecule has 4 atom stereocenters. The highest BCUT2D eigenvalue weighted by atomic mass is 32.1. The third-order valence-corrected chi connectivity index (χ3v) is 5.44. The minimum absolute atomic E-state index is 0.00866. The molecule has 0 aliphatic carbocycles. The number of carbonyl (C=O) groups is 2. The second-order valence-electron chi connectivity index (χ2n) is 5.70. The predicted octanol–water partition coefficient (Wildman–Crippen LogP) is 1.20. The lowest BCUT2D eigenvalue weighted by atomic mass is 9.77. The van der Waals surface area contributed by atoms with Gasteiger partial charge in [-0.3, -0.25) is 9.59 Å². The van der Waals surface area contributed by atoms with Crippen molar-refractivity contribution in [1.82, 2.24) is 4.90 Å². The zero-order valence-corrected chi connectivity index (χ0v) is 12.3. The van der Waals surface area contributed by atoms with Crippen molar-refractivity contribution in [3.05, 3.63) is 34.5 Å². The Hall–Kier alpha value is -1.66. The highest BCUT2D eigenvalue weighted by molar-refractivity contribution is 7.09. The van der Waals surface area contributed by atoms with Crippen LogP contribution in [-0.2, 0) is 25.6 Å². The van der Waals surface area contributed by atoms with E-state index >= 15 is 0 Å². The Balaban J connectivity index is 1.64. The van der Waals surface area contributed by atoms with Crippen LogP contribution in [0.4, 0.5) is 0 Å². The van der Waals surface area contributed by atoms with Crippen LogP contribution in [-0.4, -0.2) is 42.1 Å². The Morgan fingerprint density at radius 1 is 1.62 bits per heavy atom. The third-order valence-electron chi connectivity index (χ3n) is 4.58. The van der Waals surface area contributed by atoms with Crippen molar-refractivity contribution in [2.75, 3.05) is 13.7 Å². The highest BCUT2D eigenvalue weighted by Crippen LogP contribution is 2.52. The van der Waals surface area contributed by atoms with E-state index in [2.05, 4.69) is 0 Å². The minimum atomic E-state index is -0.641. The maximum Gasteiger partial charge on any atom is 0.312 e. The number of rotatable bonds is 3. The van der Waals surface area contributed by atoms with Gasteiger partial charge in [0.1, 0.15) is 11.5 Å². The fourth-order valence-electron chi connectivity index (χ4n) is 3.71. The summed E-state index contributed by atoms with van der Waals surface area (Å²) in [5.74, 6) is -1.33. The van der Waals surface area contributed by atoms with E-state index in [0.29, 0.717) is 13.1 Å². The van der Waals surface area contributed by atoms with Gasteiger partial charge in [0.25, 0.3) is 0 Å². The van der Waals surface area contributed by atoms with Gasteiger partial charge in [0.15, 0.2) is 0 Å². The molecule has 0 N–H and O–H groups in total. The first kappa shape index (κ1) is 13.0. The Bertz CT molecular complexity index is 626. The molecule has 5 nitrogen and oxygen atoms in total. The zero-order valence-electron chi connectivity index (χ0n) is 11.5. The molecule has 1 spiro atoms. The molecule has 110 valence electrons. The summed E-state index contributed by atoms with van der Waals surface area (Å²) in [6, 6.07) is 3.98. The Kier molecular flexibility index (Phi) is 2.74. The van der Waals surface area contributed by atoms with E-state index in [4.69, 9.17) is 9.47 Å². The van der Waals surface area contributed by atoms with E-state index in [-0.39, 0.29) is 18.0 Å². The van der Waals surface area contributed by atoms with E-state index in [0.717, 1.165) is 4.88 Å². The van der Waals surface area contributed by atoms with Crippen molar-refractivity contribution in [3.63, 3.8) is 0 Å². The van der Waals surface area contributed by atoms with Gasteiger partial charge in [-0.05, 0) is 11.4 Å². The molecule has 2 fully saturated rings. The van der Waals surface area contributed by atoms with Gasteiger partial charge in [-0.1, -0.05) is 18.2 Å². The number of nitrogens with zero attached hydrogens (tertiary/aromatic N) is 1. The number of amides is 1. The molecule has 0 aromatic carbocycles. The van der Waals surface area contributed by atoms with E-state index in [1.54, 1.807) is 16.2 Å². The van der Waals surface area contributed by atoms with Crippen LogP contribution in [0.2, 0.25) is 0 Å². The van der Waals surface area contributed by atoms with Gasteiger partial charge >= 0.3 is 5.97 Å². The van der Waals surface area contributed by atoms with Crippen LogP contribution in [0.5, 0.6) is 0 Å². The first-order chi connectivity index (χ1) is 10.1. The average molecular weight is 305 g/mol. The van der Waals surface area contributed by atoms with Crippen LogP contribution >= 0.6 is 11.3 Å². The van der Waals surface area contributed by atoms with Crippen LogP contribution in [0.15, 0.2) is 29.7 Å². The number of likely N-dealkylation sites (tertiary alicyclic amines) is 1. The molecule has 1 aromatic rings. The highest BCUT2D eigenvalue weighted by Gasteiger charge is 2.67. The van der Waals surface area contributed by atoms with Crippen molar-refractivity contribution in [1.29, 1.82) is 0 Å². The van der Waals surface area contributed by atoms with Gasteiger partial charge in [0.2, 0.25) is 5.91 Å². The van der Waals surface area contributed by atoms with Crippen molar-refractivity contribution >= 4 is 23.2 Å². The molecule has 2 bridgehead atoms. The van der Waals surface area contributed by atoms with E-state index in [9.17, 15) is 9.59 Å². The van der Waals surface area contributed by atoms with E-state index in [1.807, 2.05) is 29.7 Å². The smallest absolute Gasteiger partial charge is 0.312 e. The minimum Gasteiger partial charge on any atom is -0.469 e. The van der Waals surface area contributed by atoms with E-state index < -0.39 is 17.4 Å². The summed E-state index contributed by atoms with van der Waals surface area (Å²) in [5, 5.41) is 1.99. The summed E-state index contributed by atoms with van der Waals surface area (Å²) in [6.07, 6.45) is 3.52. The van der Waals surface area contributed by atoms with Gasteiger partial charge in [-0.15, -0.1) is 11.3 Å². The summed E-state index contributed by atoms with van der Waals surface area (Å²) in [5.41, 5.74) is -0.641. The molecule has 3 aliphatic heterocycles. The Labute approximate surface area is 126 Å². The summed E-state index contributed by atoms with van der Waals surface area (Å²) >= 11 is 1.62. The summed E-state index contributed by atoms with van der Waals surface area (Å²) < 4.78 is 10.8. The molecule has 0 saturated carbocycles. The van der Waals surface area contributed by atoms with Gasteiger partial charge in [0.05, 0.1) is 32.2 Å². The summed E-state index contributed by atoms with van der Waals surface area (Å²) in [6.45, 7) is 1.08. The van der Waals surface area contributed by atoms with Crippen LogP contribution < -0.4 is 0 Å². The number of ether oxygens (including phenoxy) is 2. The molecule has 0 unspecified atom stereocenters. The normalized spacial score (nSPS) is 36.3. The lowest BCUT2D eigenvalue weighted by molar-refractivity contribution is -0.151. The average Bonchev–Trinajstić information content (AvgIpc) is 3.22. The first-order valence-electron chi connectivity index (χ1n) is 6.91. The van der Waals surface area contributed by atoms with Crippen LogP contribution in [0, 0.1) is 11.8 Å². The molecule has 3 aliphatic rings. The second kappa shape index (κ2) is 4.42. The maximum absolute atomic E-state index is 12.7. The number of carbonyl (C=O) groups excluding carboxylic acids is 2. The standard InChI is InChI=1S/C15H15NO4S/c1-19-14(18)11-10-4-5-15(20-10)8-16(13(17)12(11)15)7-9-3-2-6-21-9/h2-6,10-12H,7-8H2,1H3/t10-,11-,12+,15-/m1/s1. The molecule has 1 amide bonds. The van der Waals surface area contributed by atoms with E-state index in [1.165, 1.54) is 7.11 Å². The van der Waals surface area contributed by atoms with Crippen LogP contribution in [0.1, 0.15) is 4.88 Å². The van der Waals surface area contributed by atoms with Gasteiger partial charge in [-0.2, -0.15) is 0 Å². The number of thiophene rings is 1. The van der Waals surface area contributed by atoms with Gasteiger partial charge < -0.3 is 14.4 Å². The molecular formula is C15H15NO4S. The SMILES string of the molecule is COC(=O)[C@H]1[C@H]2C(=O)N(Cc3cccs3)C[C@]23C=C[C@H]1O3. The molecule has 0 radical (unpaired) electrons. The lowest BCUT2D eigenvalue weighted by Crippen LogP contribution is -2.39. The number of hydrogen-bond donors (Lipinski definition) is 0. The third kappa shape index (κ3) is 1.72. The molecule has 1 aromatic heterocycles. The molecule has 21 heavy (non-hydrogen) atoms. The summed E-state index contributed by atoms with van der Waals surface area (Å²) in [4.78, 5) is 27.7. The Morgan fingerprint density at radius 2 is 2.48 bits per heavy atom. The van der Waals surface area contributed by atoms with Crippen molar-refractivity contribution in [2.45, 2.75) is 18.2 Å². The Morgan fingerprint density at radius 3 is 3.19 bits per heavy atom. The second-order valence-corrected chi connectivity index (χ2v) is 6.73. The number of esters is 1. The number of hydrogen-bond acceptors (Lipinski definition) is 5. The van der Waals surface area contributed by atoms with Crippen LogP contribution in [0.25, 0.3) is 0 Å². The molecule has 4 heterocycles. The summed E-state index contributed by atoms with van der Waals surface area (Å²) in [7, 11) is 1.35. The topological polar surface area (TPSA) is 55.8 Å². The largest absolute Gasteiger partial charge is 0.469 e.